The van der Waals surface area contributed by atoms with Gasteiger partial charge in [0, 0.05) is 3.92 Å². The minimum atomic E-state index is 0.389. The first-order chi connectivity index (χ1) is 8.91. The zero-order valence-corrected chi connectivity index (χ0v) is 14.5. The molecule has 1 aromatic rings. The molecule has 0 bridgehead atoms. The second kappa shape index (κ2) is 5.99. The molecule has 0 aliphatic heterocycles. The number of allylic oxidation sites excluding steroid dienone is 1. The van der Waals surface area contributed by atoms with Gasteiger partial charge in [0.25, 0.3) is 0 Å². The van der Waals surface area contributed by atoms with Gasteiger partial charge in [-0.3, -0.25) is 0 Å². The molecule has 1 aliphatic rings. The van der Waals surface area contributed by atoms with Crippen LogP contribution in [0.25, 0.3) is 0 Å². The summed E-state index contributed by atoms with van der Waals surface area (Å²) in [6.07, 6.45) is 4.94. The summed E-state index contributed by atoms with van der Waals surface area (Å²) < 4.78 is 0.776. The second-order valence-electron chi connectivity index (χ2n) is 6.56. The summed E-state index contributed by atoms with van der Waals surface area (Å²) in [5, 5.41) is 0. The van der Waals surface area contributed by atoms with E-state index in [9.17, 15) is 0 Å². The Balaban J connectivity index is 2.04. The highest BCUT2D eigenvalue weighted by atomic mass is 127. The monoisotopic (exact) mass is 368 g/mol. The van der Waals surface area contributed by atoms with E-state index in [4.69, 9.17) is 0 Å². The number of alkyl halides is 1. The van der Waals surface area contributed by atoms with Crippen molar-refractivity contribution < 1.29 is 0 Å². The summed E-state index contributed by atoms with van der Waals surface area (Å²) >= 11 is 2.64. The van der Waals surface area contributed by atoms with Crippen LogP contribution in [0.15, 0.2) is 36.4 Å². The molecule has 1 saturated carbocycles. The molecule has 0 aromatic heterocycles. The van der Waals surface area contributed by atoms with Crippen molar-refractivity contribution in [1.29, 1.82) is 0 Å². The Morgan fingerprint density at radius 1 is 1.26 bits per heavy atom. The number of rotatable bonds is 3. The molecule has 0 radical (unpaired) electrons. The zero-order valence-electron chi connectivity index (χ0n) is 12.4. The Morgan fingerprint density at radius 2 is 1.89 bits per heavy atom. The van der Waals surface area contributed by atoms with Gasteiger partial charge in [0.1, 0.15) is 0 Å². The van der Waals surface area contributed by atoms with Crippen LogP contribution in [0.2, 0.25) is 0 Å². The van der Waals surface area contributed by atoms with Crippen LogP contribution in [0.5, 0.6) is 0 Å². The van der Waals surface area contributed by atoms with Crippen LogP contribution in [0.3, 0.4) is 0 Å². The van der Waals surface area contributed by atoms with E-state index in [-0.39, 0.29) is 0 Å². The number of aryl methyl sites for hydroxylation is 2. The topological polar surface area (TPSA) is 0 Å². The van der Waals surface area contributed by atoms with E-state index >= 15 is 0 Å². The molecule has 0 amide bonds. The summed E-state index contributed by atoms with van der Waals surface area (Å²) in [6, 6.07) is 8.99. The van der Waals surface area contributed by atoms with E-state index in [1.165, 1.54) is 42.4 Å². The van der Waals surface area contributed by atoms with Gasteiger partial charge in [-0.05, 0) is 49.5 Å². The van der Waals surface area contributed by atoms with E-state index in [2.05, 4.69) is 74.2 Å². The Bertz CT molecular complexity index is 441. The normalized spacial score (nSPS) is 26.4. The lowest BCUT2D eigenvalue weighted by atomic mass is 9.65. The van der Waals surface area contributed by atoms with Crippen molar-refractivity contribution in [2.45, 2.75) is 50.4 Å². The van der Waals surface area contributed by atoms with Crippen molar-refractivity contribution in [2.75, 3.05) is 0 Å². The van der Waals surface area contributed by atoms with Gasteiger partial charge in [-0.15, -0.1) is 0 Å². The van der Waals surface area contributed by atoms with Gasteiger partial charge in [0.15, 0.2) is 0 Å². The Hall–Kier alpha value is -0.310. The molecule has 1 aliphatic carbocycles. The first-order valence-electron chi connectivity index (χ1n) is 7.28. The highest BCUT2D eigenvalue weighted by Crippen LogP contribution is 2.48. The van der Waals surface area contributed by atoms with Crippen LogP contribution in [-0.2, 0) is 6.42 Å². The Morgan fingerprint density at radius 3 is 2.53 bits per heavy atom. The third-order valence-corrected chi connectivity index (χ3v) is 6.99. The maximum Gasteiger partial charge on any atom is 0.0169 e. The predicted octanol–water partition coefficient (Wildman–Crippen LogP) is 5.72. The zero-order chi connectivity index (χ0) is 14.0. The van der Waals surface area contributed by atoms with E-state index < -0.39 is 0 Å². The summed E-state index contributed by atoms with van der Waals surface area (Å²) in [6.45, 7) is 11.3. The minimum absolute atomic E-state index is 0.389. The molecular formula is C18H25I. The van der Waals surface area contributed by atoms with Gasteiger partial charge in [-0.2, -0.15) is 0 Å². The SMILES string of the molecule is C=C1CC[C@H](I)C(C)(C)[C@@H]1CCc1ccc(C)cc1. The fraction of sp³-hybridized carbons (Fsp3) is 0.556. The van der Waals surface area contributed by atoms with E-state index in [0.29, 0.717) is 11.3 Å². The van der Waals surface area contributed by atoms with Gasteiger partial charge < -0.3 is 0 Å². The van der Waals surface area contributed by atoms with Crippen molar-refractivity contribution in [3.63, 3.8) is 0 Å². The van der Waals surface area contributed by atoms with Crippen LogP contribution in [0, 0.1) is 18.3 Å². The molecule has 0 nitrogen and oxygen atoms in total. The van der Waals surface area contributed by atoms with E-state index in [1.54, 1.807) is 0 Å². The number of benzene rings is 1. The number of halogens is 1. The smallest absolute Gasteiger partial charge is 0.0169 e. The third-order valence-electron chi connectivity index (χ3n) is 4.76. The van der Waals surface area contributed by atoms with Crippen LogP contribution < -0.4 is 0 Å². The molecule has 104 valence electrons. The highest BCUT2D eigenvalue weighted by molar-refractivity contribution is 14.1. The van der Waals surface area contributed by atoms with Crippen LogP contribution in [0.1, 0.15) is 44.2 Å². The summed E-state index contributed by atoms with van der Waals surface area (Å²) in [5.74, 6) is 0.671. The molecular weight excluding hydrogens is 343 g/mol. The van der Waals surface area contributed by atoms with Gasteiger partial charge in [0.2, 0.25) is 0 Å². The molecule has 0 saturated heterocycles. The molecule has 2 rings (SSSR count). The fourth-order valence-electron chi connectivity index (χ4n) is 3.24. The van der Waals surface area contributed by atoms with E-state index in [1.807, 2.05) is 0 Å². The van der Waals surface area contributed by atoms with Crippen molar-refractivity contribution in [1.82, 2.24) is 0 Å². The molecule has 1 aromatic carbocycles. The summed E-state index contributed by atoms with van der Waals surface area (Å²) in [7, 11) is 0. The van der Waals surface area contributed by atoms with Gasteiger partial charge >= 0.3 is 0 Å². The van der Waals surface area contributed by atoms with Crippen LogP contribution >= 0.6 is 22.6 Å². The number of hydrogen-bond donors (Lipinski definition) is 0. The molecule has 1 fully saturated rings. The molecule has 0 spiro atoms. The van der Waals surface area contributed by atoms with Gasteiger partial charge in [0.05, 0.1) is 0 Å². The molecule has 1 heteroatoms. The minimum Gasteiger partial charge on any atom is -0.0996 e. The Kier molecular flexibility index (Phi) is 4.75. The average Bonchev–Trinajstić information content (AvgIpc) is 2.36. The highest BCUT2D eigenvalue weighted by Gasteiger charge is 2.40. The summed E-state index contributed by atoms with van der Waals surface area (Å²) in [4.78, 5) is 0. The van der Waals surface area contributed by atoms with Crippen molar-refractivity contribution in [3.05, 3.63) is 47.5 Å². The quantitative estimate of drug-likeness (QED) is 0.363. The molecule has 0 unspecified atom stereocenters. The maximum atomic E-state index is 4.35. The first kappa shape index (κ1) is 15.1. The fourth-order valence-corrected chi connectivity index (χ4v) is 3.99. The van der Waals surface area contributed by atoms with Crippen LogP contribution in [-0.4, -0.2) is 3.92 Å². The standard InChI is InChI=1S/C18H25I/c1-13-5-8-15(9-6-13)10-11-16-14(2)7-12-17(19)18(16,3)4/h5-6,8-9,16-17H,2,7,10-12H2,1,3-4H3/t16-,17+/m1/s1. The lowest BCUT2D eigenvalue weighted by molar-refractivity contribution is 0.198. The van der Waals surface area contributed by atoms with Gasteiger partial charge in [-0.1, -0.05) is 78.4 Å². The largest absolute Gasteiger partial charge is 0.0996 e. The third kappa shape index (κ3) is 3.42. The summed E-state index contributed by atoms with van der Waals surface area (Å²) in [5.41, 5.74) is 4.67. The number of hydrogen-bond acceptors (Lipinski definition) is 0. The molecule has 0 N–H and O–H groups in total. The lowest BCUT2D eigenvalue weighted by Crippen LogP contribution is -2.38. The molecule has 19 heavy (non-hydrogen) atoms. The average molecular weight is 368 g/mol. The van der Waals surface area contributed by atoms with Crippen molar-refractivity contribution >= 4 is 22.6 Å². The first-order valence-corrected chi connectivity index (χ1v) is 8.53. The molecule has 0 heterocycles. The second-order valence-corrected chi connectivity index (χ2v) is 8.07. The Labute approximate surface area is 131 Å². The lowest BCUT2D eigenvalue weighted by Gasteiger charge is -2.44. The van der Waals surface area contributed by atoms with Gasteiger partial charge in [-0.25, -0.2) is 0 Å². The maximum absolute atomic E-state index is 4.35. The predicted molar refractivity (Wildman–Crippen MR) is 93.0 cm³/mol. The van der Waals surface area contributed by atoms with Crippen LogP contribution in [0.4, 0.5) is 0 Å². The van der Waals surface area contributed by atoms with Crippen molar-refractivity contribution in [3.8, 4) is 0 Å². The van der Waals surface area contributed by atoms with Crippen molar-refractivity contribution in [2.24, 2.45) is 11.3 Å². The molecule has 2 atom stereocenters. The van der Waals surface area contributed by atoms with E-state index in [0.717, 1.165) is 3.92 Å².